The number of hydrogen-bond acceptors (Lipinski definition) is 2. The number of unbranched alkanes of at least 4 members (excludes halogenated alkanes) is 4. The highest BCUT2D eigenvalue weighted by Crippen LogP contribution is 2.66. The first kappa shape index (κ1) is 24.3. The normalized spacial score (nSPS) is 31.9. The molecule has 0 spiro atoms. The van der Waals surface area contributed by atoms with Crippen molar-refractivity contribution in [2.45, 2.75) is 84.0 Å². The van der Waals surface area contributed by atoms with Crippen LogP contribution in [0.1, 0.15) is 89.5 Å². The molecule has 0 saturated heterocycles. The number of hydrogen-bond donors (Lipinski definition) is 1. The van der Waals surface area contributed by atoms with E-state index in [4.69, 9.17) is 0 Å². The highest BCUT2D eigenvalue weighted by Gasteiger charge is 2.55. The second kappa shape index (κ2) is 9.91. The fourth-order valence-electron chi connectivity index (χ4n) is 8.43. The van der Waals surface area contributed by atoms with Gasteiger partial charge in [0.05, 0.1) is 0 Å². The SMILES string of the molecule is C=CC1=C(CCCCCCC)C(C23CC4CC(CC(C4)C2)C3)=C(c2ccccc2)C(=O)C1C(=O)O. The maximum atomic E-state index is 14.1. The molecule has 186 valence electrons. The van der Waals surface area contributed by atoms with E-state index in [-0.39, 0.29) is 11.2 Å². The Bertz CT molecular complexity index is 1020. The number of carboxylic acid groups (broad SMARTS) is 1. The number of ketones is 1. The molecule has 3 heteroatoms. The minimum atomic E-state index is -1.15. The van der Waals surface area contributed by atoms with Gasteiger partial charge in [-0.15, -0.1) is 0 Å². The molecule has 0 amide bonds. The molecule has 1 N–H and O–H groups in total. The van der Waals surface area contributed by atoms with Gasteiger partial charge in [0.15, 0.2) is 5.78 Å². The number of benzene rings is 1. The molecule has 0 aromatic heterocycles. The van der Waals surface area contributed by atoms with Gasteiger partial charge in [-0.25, -0.2) is 0 Å². The minimum Gasteiger partial charge on any atom is -0.480 e. The Morgan fingerprint density at radius 3 is 2.14 bits per heavy atom. The average molecular weight is 473 g/mol. The molecule has 35 heavy (non-hydrogen) atoms. The van der Waals surface area contributed by atoms with Gasteiger partial charge in [-0.3, -0.25) is 9.59 Å². The Morgan fingerprint density at radius 1 is 1.00 bits per heavy atom. The van der Waals surface area contributed by atoms with Gasteiger partial charge in [-0.2, -0.15) is 0 Å². The zero-order valence-electron chi connectivity index (χ0n) is 21.2. The van der Waals surface area contributed by atoms with Crippen molar-refractivity contribution in [2.24, 2.45) is 29.1 Å². The standard InChI is InChI=1S/C32H40O3/c1-3-5-6-7-11-14-26-25(4-2)28(31(34)35)30(33)27(24-12-9-8-10-13-24)29(26)32-18-21-15-22(19-32)17-23(16-21)20-32/h4,8-10,12-13,21-23,28H,2-3,5-7,11,14-20H2,1H3,(H,34,35). The van der Waals surface area contributed by atoms with Gasteiger partial charge in [0.25, 0.3) is 0 Å². The Hall–Kier alpha value is -2.42. The van der Waals surface area contributed by atoms with Crippen LogP contribution in [0.4, 0.5) is 0 Å². The van der Waals surface area contributed by atoms with Gasteiger partial charge < -0.3 is 5.11 Å². The third-order valence-electron chi connectivity index (χ3n) is 9.35. The summed E-state index contributed by atoms with van der Waals surface area (Å²) in [5, 5.41) is 10.2. The molecule has 5 aliphatic rings. The molecule has 4 fully saturated rings. The molecular formula is C32H40O3. The Morgan fingerprint density at radius 2 is 1.60 bits per heavy atom. The Kier molecular flexibility index (Phi) is 6.88. The molecule has 1 aromatic carbocycles. The average Bonchev–Trinajstić information content (AvgIpc) is 2.83. The molecular weight excluding hydrogens is 432 g/mol. The number of allylic oxidation sites excluding steroid dienone is 4. The number of carboxylic acids is 1. The monoisotopic (exact) mass is 472 g/mol. The van der Waals surface area contributed by atoms with E-state index in [9.17, 15) is 14.7 Å². The zero-order chi connectivity index (χ0) is 24.6. The van der Waals surface area contributed by atoms with Crippen molar-refractivity contribution in [3.05, 3.63) is 65.3 Å². The third-order valence-corrected chi connectivity index (χ3v) is 9.35. The van der Waals surface area contributed by atoms with Crippen LogP contribution in [-0.2, 0) is 9.59 Å². The number of rotatable bonds is 10. The van der Waals surface area contributed by atoms with Crippen LogP contribution < -0.4 is 0 Å². The second-order valence-corrected chi connectivity index (χ2v) is 11.8. The highest BCUT2D eigenvalue weighted by atomic mass is 16.4. The number of Topliss-reactive ketones (excluding diaryl/α,β-unsaturated/α-hetero) is 1. The van der Waals surface area contributed by atoms with Crippen LogP contribution >= 0.6 is 0 Å². The number of carbonyl (C=O) groups is 2. The van der Waals surface area contributed by atoms with E-state index in [1.54, 1.807) is 6.08 Å². The maximum absolute atomic E-state index is 14.1. The van der Waals surface area contributed by atoms with Crippen molar-refractivity contribution in [1.82, 2.24) is 0 Å². The first-order valence-electron chi connectivity index (χ1n) is 13.9. The number of aliphatic carboxylic acids is 1. The molecule has 1 atom stereocenters. The van der Waals surface area contributed by atoms with Gasteiger partial charge in [0, 0.05) is 5.57 Å². The van der Waals surface area contributed by atoms with Gasteiger partial charge in [0.2, 0.25) is 0 Å². The van der Waals surface area contributed by atoms with E-state index >= 15 is 0 Å². The fourth-order valence-corrected chi connectivity index (χ4v) is 8.43. The molecule has 0 heterocycles. The van der Waals surface area contributed by atoms with Crippen LogP contribution in [0.3, 0.4) is 0 Å². The van der Waals surface area contributed by atoms with E-state index in [2.05, 4.69) is 13.5 Å². The Labute approximate surface area is 210 Å². The lowest BCUT2D eigenvalue weighted by Gasteiger charge is -2.59. The van der Waals surface area contributed by atoms with Gasteiger partial charge >= 0.3 is 5.97 Å². The smallest absolute Gasteiger partial charge is 0.318 e. The van der Waals surface area contributed by atoms with Gasteiger partial charge in [-0.1, -0.05) is 75.6 Å². The van der Waals surface area contributed by atoms with Crippen LogP contribution in [0.15, 0.2) is 59.7 Å². The van der Waals surface area contributed by atoms with E-state index in [0.29, 0.717) is 11.1 Å². The lowest BCUT2D eigenvalue weighted by Crippen LogP contribution is -2.48. The summed E-state index contributed by atoms with van der Waals surface area (Å²) in [7, 11) is 0. The first-order chi connectivity index (χ1) is 17.0. The van der Waals surface area contributed by atoms with Crippen molar-refractivity contribution in [3.8, 4) is 0 Å². The summed E-state index contributed by atoms with van der Waals surface area (Å²) in [4.78, 5) is 26.6. The van der Waals surface area contributed by atoms with Crippen LogP contribution in [0.2, 0.25) is 0 Å². The summed E-state index contributed by atoms with van der Waals surface area (Å²) in [6, 6.07) is 9.92. The van der Waals surface area contributed by atoms with Crippen molar-refractivity contribution in [1.29, 1.82) is 0 Å². The van der Waals surface area contributed by atoms with Gasteiger partial charge in [0.1, 0.15) is 5.92 Å². The van der Waals surface area contributed by atoms with E-state index < -0.39 is 11.9 Å². The quantitative estimate of drug-likeness (QED) is 0.279. The summed E-state index contributed by atoms with van der Waals surface area (Å²) in [6.07, 6.45) is 15.8. The molecule has 5 aliphatic carbocycles. The maximum Gasteiger partial charge on any atom is 0.318 e. The summed E-state index contributed by atoms with van der Waals surface area (Å²) in [6.45, 7) is 6.27. The van der Waals surface area contributed by atoms with Crippen molar-refractivity contribution < 1.29 is 14.7 Å². The Balaban J connectivity index is 1.69. The van der Waals surface area contributed by atoms with Crippen LogP contribution in [-0.4, -0.2) is 16.9 Å². The molecule has 0 aliphatic heterocycles. The van der Waals surface area contributed by atoms with Crippen molar-refractivity contribution >= 4 is 17.3 Å². The first-order valence-corrected chi connectivity index (χ1v) is 13.9. The predicted octanol–water partition coefficient (Wildman–Crippen LogP) is 7.78. The van der Waals surface area contributed by atoms with Crippen LogP contribution in [0.25, 0.3) is 5.57 Å². The lowest BCUT2D eigenvalue weighted by atomic mass is 9.45. The fraction of sp³-hybridized carbons (Fsp3) is 0.562. The molecule has 4 saturated carbocycles. The number of carbonyl (C=O) groups excluding carboxylic acids is 1. The minimum absolute atomic E-state index is 0.00602. The molecule has 1 aromatic rings. The topological polar surface area (TPSA) is 54.4 Å². The summed E-state index contributed by atoms with van der Waals surface area (Å²) in [5.41, 5.74) is 4.63. The summed E-state index contributed by atoms with van der Waals surface area (Å²) in [5.74, 6) is -0.195. The lowest BCUT2D eigenvalue weighted by molar-refractivity contribution is -0.143. The van der Waals surface area contributed by atoms with E-state index in [0.717, 1.165) is 67.4 Å². The van der Waals surface area contributed by atoms with Crippen LogP contribution in [0.5, 0.6) is 0 Å². The molecule has 4 bridgehead atoms. The second-order valence-electron chi connectivity index (χ2n) is 11.8. The molecule has 1 unspecified atom stereocenters. The zero-order valence-corrected chi connectivity index (χ0v) is 21.2. The summed E-state index contributed by atoms with van der Waals surface area (Å²) >= 11 is 0. The van der Waals surface area contributed by atoms with E-state index in [1.807, 2.05) is 30.3 Å². The highest BCUT2D eigenvalue weighted by molar-refractivity contribution is 6.30. The molecule has 6 rings (SSSR count). The molecule has 0 radical (unpaired) electrons. The van der Waals surface area contributed by atoms with Crippen molar-refractivity contribution in [3.63, 3.8) is 0 Å². The third kappa shape index (κ3) is 4.36. The van der Waals surface area contributed by atoms with E-state index in [1.165, 1.54) is 44.1 Å². The van der Waals surface area contributed by atoms with Crippen LogP contribution in [0, 0.1) is 29.1 Å². The largest absolute Gasteiger partial charge is 0.480 e. The predicted molar refractivity (Wildman–Crippen MR) is 141 cm³/mol. The van der Waals surface area contributed by atoms with Gasteiger partial charge in [-0.05, 0) is 96.8 Å². The molecule has 3 nitrogen and oxygen atoms in total. The summed E-state index contributed by atoms with van der Waals surface area (Å²) < 4.78 is 0. The van der Waals surface area contributed by atoms with Crippen molar-refractivity contribution in [2.75, 3.05) is 0 Å².